The molecule has 2 atom stereocenters. The molecule has 4 nitrogen and oxygen atoms in total. The lowest BCUT2D eigenvalue weighted by molar-refractivity contribution is 0.0103. The SMILES string of the molecule is COc1cccc(OC)c1-c1cccc2c1[P@@](C(C)(C)C)[C@H](C(C)(C)O)O2. The molecule has 1 N–H and O–H groups in total. The smallest absolute Gasteiger partial charge is 0.150 e. The van der Waals surface area contributed by atoms with Crippen LogP contribution in [0, 0.1) is 0 Å². The van der Waals surface area contributed by atoms with Crippen LogP contribution in [0.25, 0.3) is 11.1 Å². The zero-order valence-electron chi connectivity index (χ0n) is 17.2. The Morgan fingerprint density at radius 3 is 1.96 bits per heavy atom. The maximum atomic E-state index is 10.8. The van der Waals surface area contributed by atoms with E-state index in [1.165, 1.54) is 0 Å². The van der Waals surface area contributed by atoms with E-state index >= 15 is 0 Å². The van der Waals surface area contributed by atoms with Gasteiger partial charge in [0, 0.05) is 10.9 Å². The summed E-state index contributed by atoms with van der Waals surface area (Å²) in [6.45, 7) is 10.3. The van der Waals surface area contributed by atoms with E-state index in [2.05, 4.69) is 26.8 Å². The van der Waals surface area contributed by atoms with Gasteiger partial charge in [0.15, 0.2) is 0 Å². The Morgan fingerprint density at radius 1 is 0.926 bits per heavy atom. The van der Waals surface area contributed by atoms with E-state index < -0.39 is 13.5 Å². The van der Waals surface area contributed by atoms with Gasteiger partial charge in [0.05, 0.1) is 19.8 Å². The molecule has 1 aliphatic rings. The van der Waals surface area contributed by atoms with Crippen LogP contribution in [-0.4, -0.2) is 35.9 Å². The zero-order chi connectivity index (χ0) is 20.0. The molecule has 2 aromatic carbocycles. The summed E-state index contributed by atoms with van der Waals surface area (Å²) >= 11 is 0. The summed E-state index contributed by atoms with van der Waals surface area (Å²) < 4.78 is 17.6. The van der Waals surface area contributed by atoms with Gasteiger partial charge < -0.3 is 19.3 Å². The summed E-state index contributed by atoms with van der Waals surface area (Å²) in [6, 6.07) is 11.9. The molecular weight excluding hydrogens is 359 g/mol. The molecule has 146 valence electrons. The van der Waals surface area contributed by atoms with Gasteiger partial charge in [0.1, 0.15) is 28.7 Å². The summed E-state index contributed by atoms with van der Waals surface area (Å²) in [4.78, 5) is 0. The van der Waals surface area contributed by atoms with Crippen LogP contribution in [0.4, 0.5) is 0 Å². The van der Waals surface area contributed by atoms with Crippen molar-refractivity contribution in [3.63, 3.8) is 0 Å². The normalized spacial score (nSPS) is 19.4. The van der Waals surface area contributed by atoms with Crippen LogP contribution in [0.5, 0.6) is 17.2 Å². The molecule has 0 amide bonds. The largest absolute Gasteiger partial charge is 0.496 e. The van der Waals surface area contributed by atoms with Crippen molar-refractivity contribution in [2.24, 2.45) is 0 Å². The van der Waals surface area contributed by atoms with Crippen molar-refractivity contribution in [1.29, 1.82) is 0 Å². The van der Waals surface area contributed by atoms with E-state index in [-0.39, 0.29) is 11.0 Å². The highest BCUT2D eigenvalue weighted by Gasteiger charge is 2.49. The topological polar surface area (TPSA) is 47.9 Å². The molecule has 2 aromatic rings. The van der Waals surface area contributed by atoms with E-state index in [1.54, 1.807) is 14.2 Å². The first kappa shape index (κ1) is 20.0. The average molecular weight is 388 g/mol. The minimum Gasteiger partial charge on any atom is -0.496 e. The van der Waals surface area contributed by atoms with Gasteiger partial charge in [-0.2, -0.15) is 0 Å². The Morgan fingerprint density at radius 2 is 1.48 bits per heavy atom. The van der Waals surface area contributed by atoms with Crippen molar-refractivity contribution in [3.8, 4) is 28.4 Å². The highest BCUT2D eigenvalue weighted by molar-refractivity contribution is 7.68. The number of benzene rings is 2. The molecule has 0 fully saturated rings. The predicted octanol–water partition coefficient (Wildman–Crippen LogP) is 4.77. The molecule has 0 spiro atoms. The van der Waals surface area contributed by atoms with Crippen LogP contribution in [-0.2, 0) is 0 Å². The van der Waals surface area contributed by atoms with E-state index in [0.717, 1.165) is 33.7 Å². The van der Waals surface area contributed by atoms with E-state index in [9.17, 15) is 5.11 Å². The van der Waals surface area contributed by atoms with Gasteiger partial charge in [0.2, 0.25) is 0 Å². The van der Waals surface area contributed by atoms with E-state index in [4.69, 9.17) is 14.2 Å². The lowest BCUT2D eigenvalue weighted by atomic mass is 10.0. The van der Waals surface area contributed by atoms with Gasteiger partial charge in [0.25, 0.3) is 0 Å². The molecule has 0 radical (unpaired) electrons. The third-order valence-electron chi connectivity index (χ3n) is 4.74. The van der Waals surface area contributed by atoms with Crippen LogP contribution in [0.2, 0.25) is 0 Å². The first-order valence-corrected chi connectivity index (χ1v) is 10.5. The van der Waals surface area contributed by atoms with Gasteiger partial charge in [-0.15, -0.1) is 0 Å². The Balaban J connectivity index is 2.30. The second-order valence-electron chi connectivity index (χ2n) is 8.35. The van der Waals surface area contributed by atoms with Crippen LogP contribution < -0.4 is 19.5 Å². The number of hydrogen-bond acceptors (Lipinski definition) is 4. The van der Waals surface area contributed by atoms with Crippen molar-refractivity contribution >= 4 is 13.2 Å². The van der Waals surface area contributed by atoms with Gasteiger partial charge >= 0.3 is 0 Å². The lowest BCUT2D eigenvalue weighted by Crippen LogP contribution is -2.40. The molecule has 0 aliphatic carbocycles. The number of rotatable bonds is 4. The first-order valence-electron chi connectivity index (χ1n) is 9.12. The lowest BCUT2D eigenvalue weighted by Gasteiger charge is -2.37. The van der Waals surface area contributed by atoms with Crippen molar-refractivity contribution in [1.82, 2.24) is 0 Å². The highest BCUT2D eigenvalue weighted by atomic mass is 31.1. The summed E-state index contributed by atoms with van der Waals surface area (Å²) in [5.41, 5.74) is 1.03. The Bertz CT molecular complexity index is 811. The van der Waals surface area contributed by atoms with Gasteiger partial charge in [-0.1, -0.05) is 39.0 Å². The van der Waals surface area contributed by atoms with Crippen LogP contribution in [0.3, 0.4) is 0 Å². The molecule has 0 saturated heterocycles. The van der Waals surface area contributed by atoms with Crippen LogP contribution in [0.1, 0.15) is 34.6 Å². The summed E-state index contributed by atoms with van der Waals surface area (Å²) in [7, 11) is 2.53. The molecule has 1 aliphatic heterocycles. The molecule has 0 saturated carbocycles. The second kappa shape index (κ2) is 7.00. The molecule has 1 heterocycles. The van der Waals surface area contributed by atoms with Gasteiger partial charge in [-0.25, -0.2) is 0 Å². The average Bonchev–Trinajstić information content (AvgIpc) is 3.01. The maximum absolute atomic E-state index is 10.8. The fourth-order valence-electron chi connectivity index (χ4n) is 3.62. The number of aliphatic hydroxyl groups is 1. The number of methoxy groups -OCH3 is 2. The minimum atomic E-state index is -0.944. The Kier molecular flexibility index (Phi) is 5.18. The third-order valence-corrected chi connectivity index (χ3v) is 8.33. The number of hydrogen-bond donors (Lipinski definition) is 1. The van der Waals surface area contributed by atoms with Crippen LogP contribution in [0.15, 0.2) is 36.4 Å². The molecule has 5 heteroatoms. The molecule has 3 rings (SSSR count). The van der Waals surface area contributed by atoms with Gasteiger partial charge in [-0.3, -0.25) is 0 Å². The molecule has 0 unspecified atom stereocenters. The van der Waals surface area contributed by atoms with Crippen molar-refractivity contribution in [2.45, 2.75) is 51.2 Å². The summed E-state index contributed by atoms with van der Waals surface area (Å²) in [5.74, 6) is 2.09. The number of ether oxygens (including phenoxy) is 3. The Hall–Kier alpha value is -1.77. The predicted molar refractivity (Wildman–Crippen MR) is 112 cm³/mol. The molecule has 0 aromatic heterocycles. The maximum Gasteiger partial charge on any atom is 0.150 e. The number of fused-ring (bicyclic) bond motifs is 1. The first-order chi connectivity index (χ1) is 12.6. The molecule has 27 heavy (non-hydrogen) atoms. The van der Waals surface area contributed by atoms with Crippen molar-refractivity contribution in [2.75, 3.05) is 14.2 Å². The fraction of sp³-hybridized carbons (Fsp3) is 0.455. The quantitative estimate of drug-likeness (QED) is 0.767. The van der Waals surface area contributed by atoms with E-state index in [1.807, 2.05) is 44.2 Å². The minimum absolute atomic E-state index is 0.0450. The standard InChI is InChI=1S/C22H29O4P/c1-21(2,3)27-19-14(18-15(24-6)11-9-12-16(18)25-7)10-8-13-17(19)26-20(27)22(4,5)23/h8-13,20,23H,1-7H3/t20-,27-/m1/s1. The van der Waals surface area contributed by atoms with Crippen LogP contribution >= 0.6 is 7.92 Å². The third kappa shape index (κ3) is 3.53. The van der Waals surface area contributed by atoms with Crippen molar-refractivity contribution < 1.29 is 19.3 Å². The summed E-state index contributed by atoms with van der Waals surface area (Å²) in [6.07, 6.45) is 0. The zero-order valence-corrected chi connectivity index (χ0v) is 18.1. The molecular formula is C22H29O4P. The second-order valence-corrected chi connectivity index (χ2v) is 11.4. The van der Waals surface area contributed by atoms with Gasteiger partial charge in [-0.05, 0) is 45.1 Å². The van der Waals surface area contributed by atoms with E-state index in [0.29, 0.717) is 0 Å². The van der Waals surface area contributed by atoms with Crippen molar-refractivity contribution in [3.05, 3.63) is 36.4 Å². The monoisotopic (exact) mass is 388 g/mol. The highest BCUT2D eigenvalue weighted by Crippen LogP contribution is 2.63. The Labute approximate surface area is 163 Å². The fourth-order valence-corrected chi connectivity index (χ4v) is 6.89. The summed E-state index contributed by atoms with van der Waals surface area (Å²) in [5, 5.41) is 11.9. The molecule has 0 bridgehead atoms.